The highest BCUT2D eigenvalue weighted by atomic mass is 35.5. The third-order valence-corrected chi connectivity index (χ3v) is 6.07. The van der Waals surface area contributed by atoms with E-state index >= 15 is 0 Å². The molecule has 0 saturated heterocycles. The van der Waals surface area contributed by atoms with Gasteiger partial charge < -0.3 is 9.67 Å². The van der Waals surface area contributed by atoms with Crippen molar-refractivity contribution in [1.29, 1.82) is 0 Å². The van der Waals surface area contributed by atoms with E-state index in [2.05, 4.69) is 15.1 Å². The summed E-state index contributed by atoms with van der Waals surface area (Å²) in [5.74, 6) is 0.137. The average Bonchev–Trinajstić information content (AvgIpc) is 3.15. The van der Waals surface area contributed by atoms with Crippen LogP contribution in [0.2, 0.25) is 5.02 Å². The molecule has 0 atom stereocenters. The van der Waals surface area contributed by atoms with E-state index in [-0.39, 0.29) is 17.4 Å². The lowest BCUT2D eigenvalue weighted by molar-refractivity contribution is -0.118. The van der Waals surface area contributed by atoms with Crippen LogP contribution in [0.4, 0.5) is 0 Å². The summed E-state index contributed by atoms with van der Waals surface area (Å²) >= 11 is 7.38. The number of nitrogens with one attached hydrogen (secondary N) is 1. The van der Waals surface area contributed by atoms with Crippen molar-refractivity contribution in [3.63, 3.8) is 0 Å². The predicted molar refractivity (Wildman–Crippen MR) is 129 cm³/mol. The molecule has 3 aromatic carbocycles. The fraction of sp³-hybridized carbons (Fsp3) is 0.125. The Kier molecular flexibility index (Phi) is 6.78. The molecule has 0 saturated carbocycles. The maximum atomic E-state index is 12.4. The van der Waals surface area contributed by atoms with Gasteiger partial charge in [-0.25, -0.2) is 10.4 Å². The lowest BCUT2D eigenvalue weighted by atomic mass is 10.1. The smallest absolute Gasteiger partial charge is 0.250 e. The lowest BCUT2D eigenvalue weighted by Crippen LogP contribution is -2.21. The highest BCUT2D eigenvalue weighted by Crippen LogP contribution is 2.25. The number of thioether (sulfide) groups is 1. The molecule has 0 bridgehead atoms. The van der Waals surface area contributed by atoms with Crippen LogP contribution >= 0.6 is 23.4 Å². The Bertz CT molecular complexity index is 1270. The molecule has 1 amide bonds. The number of aromatic nitrogens is 2. The number of rotatable bonds is 7. The quantitative estimate of drug-likeness (QED) is 0.227. The van der Waals surface area contributed by atoms with Crippen molar-refractivity contribution >= 4 is 46.0 Å². The topological polar surface area (TPSA) is 79.5 Å². The van der Waals surface area contributed by atoms with Gasteiger partial charge in [-0.1, -0.05) is 47.6 Å². The zero-order valence-corrected chi connectivity index (χ0v) is 18.9. The van der Waals surface area contributed by atoms with Crippen LogP contribution in [-0.4, -0.2) is 32.0 Å². The van der Waals surface area contributed by atoms with E-state index in [9.17, 15) is 9.90 Å². The number of nitrogens with zero attached hydrogens (tertiary/aromatic N) is 3. The van der Waals surface area contributed by atoms with E-state index < -0.39 is 0 Å². The summed E-state index contributed by atoms with van der Waals surface area (Å²) in [5.41, 5.74) is 7.04. The minimum atomic E-state index is -0.224. The van der Waals surface area contributed by atoms with Gasteiger partial charge in [0.25, 0.3) is 5.91 Å². The Balaban J connectivity index is 1.46. The summed E-state index contributed by atoms with van der Waals surface area (Å²) in [7, 11) is 0. The van der Waals surface area contributed by atoms with Crippen LogP contribution in [0.5, 0.6) is 5.75 Å². The summed E-state index contributed by atoms with van der Waals surface area (Å²) in [4.78, 5) is 17.1. The number of hydrazone groups is 1. The molecule has 2 N–H and O–H groups in total. The second-order valence-electron chi connectivity index (χ2n) is 7.16. The van der Waals surface area contributed by atoms with Crippen molar-refractivity contribution in [2.75, 3.05) is 5.75 Å². The minimum absolute atomic E-state index is 0.177. The molecule has 1 heterocycles. The number of amides is 1. The number of aromatic hydroxyl groups is 1. The first kappa shape index (κ1) is 21.9. The Morgan fingerprint density at radius 3 is 2.56 bits per heavy atom. The maximum Gasteiger partial charge on any atom is 0.250 e. The SMILES string of the molecule is CC(=NNC(=O)CSc1nc2ccccc2n1Cc1ccc(Cl)cc1)c1ccc(O)cc1. The minimum Gasteiger partial charge on any atom is -0.508 e. The molecule has 32 heavy (non-hydrogen) atoms. The van der Waals surface area contributed by atoms with Crippen molar-refractivity contribution in [3.05, 3.63) is 88.9 Å². The van der Waals surface area contributed by atoms with Crippen molar-refractivity contribution in [2.24, 2.45) is 5.10 Å². The highest BCUT2D eigenvalue weighted by molar-refractivity contribution is 7.99. The monoisotopic (exact) mass is 464 g/mol. The van der Waals surface area contributed by atoms with Crippen LogP contribution in [0.3, 0.4) is 0 Å². The van der Waals surface area contributed by atoms with Crippen LogP contribution in [0.1, 0.15) is 18.1 Å². The summed E-state index contributed by atoms with van der Waals surface area (Å²) < 4.78 is 2.10. The van der Waals surface area contributed by atoms with Gasteiger partial charge in [0.15, 0.2) is 5.16 Å². The zero-order chi connectivity index (χ0) is 22.5. The molecule has 4 rings (SSSR count). The number of hydrogen-bond donors (Lipinski definition) is 2. The molecule has 8 heteroatoms. The molecule has 0 unspecified atom stereocenters. The predicted octanol–water partition coefficient (Wildman–Crippen LogP) is 5.08. The fourth-order valence-corrected chi connectivity index (χ4v) is 4.10. The van der Waals surface area contributed by atoms with E-state index in [1.165, 1.54) is 11.8 Å². The Hall–Kier alpha value is -3.29. The first-order valence-corrected chi connectivity index (χ1v) is 11.3. The number of phenols is 1. The zero-order valence-electron chi connectivity index (χ0n) is 17.3. The third kappa shape index (κ3) is 5.30. The molecule has 6 nitrogen and oxygen atoms in total. The van der Waals surface area contributed by atoms with E-state index in [1.807, 2.05) is 48.5 Å². The first-order valence-electron chi connectivity index (χ1n) is 9.94. The number of carbonyl (C=O) groups excluding carboxylic acids is 1. The molecular weight excluding hydrogens is 444 g/mol. The normalized spacial score (nSPS) is 11.6. The molecule has 162 valence electrons. The molecular formula is C24H21ClN4O2S. The number of para-hydroxylation sites is 2. The fourth-order valence-electron chi connectivity index (χ4n) is 3.16. The van der Waals surface area contributed by atoms with Gasteiger partial charge in [-0.15, -0.1) is 0 Å². The van der Waals surface area contributed by atoms with Crippen molar-refractivity contribution < 1.29 is 9.90 Å². The summed E-state index contributed by atoms with van der Waals surface area (Å²) in [6.07, 6.45) is 0. The largest absolute Gasteiger partial charge is 0.508 e. The summed E-state index contributed by atoms with van der Waals surface area (Å²) in [6.45, 7) is 2.42. The van der Waals surface area contributed by atoms with Crippen molar-refractivity contribution in [2.45, 2.75) is 18.6 Å². The molecule has 0 aliphatic heterocycles. The Morgan fingerprint density at radius 1 is 1.09 bits per heavy atom. The molecule has 0 fully saturated rings. The van der Waals surface area contributed by atoms with Gasteiger partial charge in [0.05, 0.1) is 29.0 Å². The number of halogens is 1. The van der Waals surface area contributed by atoms with E-state index in [4.69, 9.17) is 16.6 Å². The van der Waals surface area contributed by atoms with Crippen LogP contribution in [-0.2, 0) is 11.3 Å². The highest BCUT2D eigenvalue weighted by Gasteiger charge is 2.13. The molecule has 4 aromatic rings. The molecule has 0 radical (unpaired) electrons. The first-order chi connectivity index (χ1) is 15.5. The molecule has 0 spiro atoms. The van der Waals surface area contributed by atoms with Crippen LogP contribution in [0, 0.1) is 0 Å². The number of benzene rings is 3. The second-order valence-corrected chi connectivity index (χ2v) is 8.54. The van der Waals surface area contributed by atoms with Gasteiger partial charge in [-0.3, -0.25) is 4.79 Å². The lowest BCUT2D eigenvalue weighted by Gasteiger charge is -2.09. The third-order valence-electron chi connectivity index (χ3n) is 4.84. The van der Waals surface area contributed by atoms with E-state index in [1.54, 1.807) is 31.2 Å². The van der Waals surface area contributed by atoms with Gasteiger partial charge in [0, 0.05) is 5.02 Å². The van der Waals surface area contributed by atoms with E-state index in [0.29, 0.717) is 17.3 Å². The number of hydrogen-bond acceptors (Lipinski definition) is 5. The standard InChI is InChI=1S/C24H21ClN4O2S/c1-16(18-8-12-20(30)13-9-18)27-28-23(31)15-32-24-26-21-4-2-3-5-22(21)29(24)14-17-6-10-19(25)11-7-17/h2-13,30H,14-15H2,1H3,(H,28,31). The van der Waals surface area contributed by atoms with Crippen molar-refractivity contribution in [3.8, 4) is 5.75 Å². The molecule has 0 aliphatic rings. The summed E-state index contributed by atoms with van der Waals surface area (Å²) in [5, 5.41) is 15.0. The van der Waals surface area contributed by atoms with Gasteiger partial charge in [-0.05, 0) is 66.6 Å². The maximum absolute atomic E-state index is 12.4. The molecule has 0 aliphatic carbocycles. The van der Waals surface area contributed by atoms with Gasteiger partial charge >= 0.3 is 0 Å². The number of carbonyl (C=O) groups is 1. The average molecular weight is 465 g/mol. The Labute approximate surface area is 194 Å². The van der Waals surface area contributed by atoms with Crippen LogP contribution in [0.25, 0.3) is 11.0 Å². The van der Waals surface area contributed by atoms with Gasteiger partial charge in [-0.2, -0.15) is 5.10 Å². The number of fused-ring (bicyclic) bond motifs is 1. The summed E-state index contributed by atoms with van der Waals surface area (Å²) in [6, 6.07) is 22.3. The van der Waals surface area contributed by atoms with E-state index in [0.717, 1.165) is 27.3 Å². The van der Waals surface area contributed by atoms with Crippen LogP contribution in [0.15, 0.2) is 83.1 Å². The van der Waals surface area contributed by atoms with Crippen LogP contribution < -0.4 is 5.43 Å². The van der Waals surface area contributed by atoms with Crippen molar-refractivity contribution in [1.82, 2.24) is 15.0 Å². The number of phenolic OH excluding ortho intramolecular Hbond substituents is 1. The van der Waals surface area contributed by atoms with Gasteiger partial charge in [0.1, 0.15) is 5.75 Å². The second kappa shape index (κ2) is 9.89. The van der Waals surface area contributed by atoms with Gasteiger partial charge in [0.2, 0.25) is 0 Å². The Morgan fingerprint density at radius 2 is 1.81 bits per heavy atom. The number of imidazole rings is 1. The molecule has 1 aromatic heterocycles.